The van der Waals surface area contributed by atoms with Gasteiger partial charge in [-0.1, -0.05) is 34.1 Å². The summed E-state index contributed by atoms with van der Waals surface area (Å²) in [5.74, 6) is -2.70. The van der Waals surface area contributed by atoms with E-state index >= 15 is 0 Å². The van der Waals surface area contributed by atoms with Crippen LogP contribution < -0.4 is 10.6 Å². The number of carboxylic acid groups (broad SMARTS) is 1. The third-order valence-corrected chi connectivity index (χ3v) is 3.51. The summed E-state index contributed by atoms with van der Waals surface area (Å²) in [6.45, 7) is 9.13. The van der Waals surface area contributed by atoms with E-state index in [-0.39, 0.29) is 11.8 Å². The molecule has 0 spiro atoms. The summed E-state index contributed by atoms with van der Waals surface area (Å²) in [6.07, 6.45) is 1.27. The number of nitrogens with one attached hydrogen (secondary N) is 2. The second kappa shape index (κ2) is 8.73. The van der Waals surface area contributed by atoms with Crippen molar-refractivity contribution < 1.29 is 24.6 Å². The van der Waals surface area contributed by atoms with Crippen LogP contribution in [0.1, 0.15) is 47.5 Å². The highest BCUT2D eigenvalue weighted by Gasteiger charge is 2.40. The molecular formula is C15H28N2O5. The molecule has 3 unspecified atom stereocenters. The summed E-state index contributed by atoms with van der Waals surface area (Å²) in [6, 6.07) is -0.873. The lowest BCUT2D eigenvalue weighted by Crippen LogP contribution is -2.57. The normalized spacial score (nSPS) is 16.5. The van der Waals surface area contributed by atoms with E-state index in [2.05, 4.69) is 10.6 Å². The molecule has 4 N–H and O–H groups in total. The standard InChI is InChI=1S/C15H28N2O5/c1-6-10(4)8-16-12(18)11(7-9(2)3)17-13(19)15(5,22)14(20)21/h9-11,22H,6-8H2,1-5H3,(H,16,18)(H,17,19)(H,20,21). The predicted molar refractivity (Wildman–Crippen MR) is 82.1 cm³/mol. The Kier molecular flexibility index (Phi) is 8.08. The van der Waals surface area contributed by atoms with Crippen LogP contribution in [0, 0.1) is 11.8 Å². The zero-order valence-electron chi connectivity index (χ0n) is 14.0. The van der Waals surface area contributed by atoms with E-state index < -0.39 is 23.5 Å². The Morgan fingerprint density at radius 2 is 1.73 bits per heavy atom. The van der Waals surface area contributed by atoms with Gasteiger partial charge in [0.25, 0.3) is 5.91 Å². The Hall–Kier alpha value is -1.63. The van der Waals surface area contributed by atoms with E-state index in [1.807, 2.05) is 27.7 Å². The van der Waals surface area contributed by atoms with Crippen molar-refractivity contribution in [1.82, 2.24) is 10.6 Å². The monoisotopic (exact) mass is 316 g/mol. The molecule has 0 radical (unpaired) electrons. The smallest absolute Gasteiger partial charge is 0.345 e. The SMILES string of the molecule is CCC(C)CNC(=O)C(CC(C)C)NC(=O)C(C)(O)C(=O)O. The number of carbonyl (C=O) groups is 3. The molecule has 7 nitrogen and oxygen atoms in total. The topological polar surface area (TPSA) is 116 Å². The van der Waals surface area contributed by atoms with Crippen molar-refractivity contribution in [2.24, 2.45) is 11.8 Å². The number of rotatable bonds is 9. The first-order valence-corrected chi connectivity index (χ1v) is 7.56. The van der Waals surface area contributed by atoms with Crippen LogP contribution in [0.25, 0.3) is 0 Å². The molecule has 0 heterocycles. The molecule has 0 aromatic heterocycles. The van der Waals surface area contributed by atoms with Gasteiger partial charge in [-0.25, -0.2) is 4.79 Å². The summed E-state index contributed by atoms with van der Waals surface area (Å²) in [5.41, 5.74) is -2.56. The van der Waals surface area contributed by atoms with Crippen LogP contribution >= 0.6 is 0 Å². The quantitative estimate of drug-likeness (QED) is 0.463. The fourth-order valence-corrected chi connectivity index (χ4v) is 1.64. The molecule has 0 rings (SSSR count). The van der Waals surface area contributed by atoms with Crippen molar-refractivity contribution in [2.45, 2.75) is 59.1 Å². The molecule has 0 aromatic rings. The maximum absolute atomic E-state index is 12.2. The lowest BCUT2D eigenvalue weighted by Gasteiger charge is -2.24. The first kappa shape index (κ1) is 20.4. The van der Waals surface area contributed by atoms with Crippen LogP contribution in [-0.2, 0) is 14.4 Å². The predicted octanol–water partition coefficient (Wildman–Crippen LogP) is 0.515. The van der Waals surface area contributed by atoms with Crippen molar-refractivity contribution in [1.29, 1.82) is 0 Å². The van der Waals surface area contributed by atoms with E-state index in [9.17, 15) is 19.5 Å². The Balaban J connectivity index is 4.88. The highest BCUT2D eigenvalue weighted by atomic mass is 16.4. The number of hydrogen-bond donors (Lipinski definition) is 4. The zero-order chi connectivity index (χ0) is 17.5. The number of amides is 2. The molecule has 2 amide bonds. The first-order chi connectivity index (χ1) is 10.0. The Labute approximate surface area is 131 Å². The summed E-state index contributed by atoms with van der Waals surface area (Å²) in [7, 11) is 0. The molecule has 3 atom stereocenters. The number of carbonyl (C=O) groups excluding carboxylic acids is 2. The van der Waals surface area contributed by atoms with E-state index in [4.69, 9.17) is 5.11 Å². The van der Waals surface area contributed by atoms with E-state index in [1.54, 1.807) is 0 Å². The number of hydrogen-bond acceptors (Lipinski definition) is 4. The lowest BCUT2D eigenvalue weighted by atomic mass is 10.0. The Morgan fingerprint density at radius 1 is 1.18 bits per heavy atom. The van der Waals surface area contributed by atoms with Gasteiger partial charge < -0.3 is 20.8 Å². The molecule has 0 saturated heterocycles. The van der Waals surface area contributed by atoms with Crippen LogP contribution in [0.2, 0.25) is 0 Å². The van der Waals surface area contributed by atoms with Crippen LogP contribution in [0.3, 0.4) is 0 Å². The second-order valence-corrected chi connectivity index (χ2v) is 6.29. The third-order valence-electron chi connectivity index (χ3n) is 3.51. The lowest BCUT2D eigenvalue weighted by molar-refractivity contribution is -0.165. The van der Waals surface area contributed by atoms with Gasteiger partial charge in [-0.05, 0) is 25.2 Å². The average Bonchev–Trinajstić information content (AvgIpc) is 2.42. The van der Waals surface area contributed by atoms with Gasteiger partial charge in [0.15, 0.2) is 0 Å². The van der Waals surface area contributed by atoms with E-state index in [0.717, 1.165) is 13.3 Å². The number of aliphatic hydroxyl groups is 1. The molecule has 0 saturated carbocycles. The minimum Gasteiger partial charge on any atom is -0.479 e. The maximum atomic E-state index is 12.2. The molecule has 0 aliphatic rings. The van der Waals surface area contributed by atoms with Gasteiger partial charge in [0.05, 0.1) is 0 Å². The first-order valence-electron chi connectivity index (χ1n) is 7.56. The Bertz CT molecular complexity index is 407. The largest absolute Gasteiger partial charge is 0.479 e. The minimum absolute atomic E-state index is 0.120. The van der Waals surface area contributed by atoms with Crippen molar-refractivity contribution in [3.63, 3.8) is 0 Å². The molecule has 0 aliphatic heterocycles. The van der Waals surface area contributed by atoms with Crippen molar-refractivity contribution >= 4 is 17.8 Å². The molecule has 0 aliphatic carbocycles. The van der Waals surface area contributed by atoms with Crippen LogP contribution in [0.15, 0.2) is 0 Å². The molecule has 0 bridgehead atoms. The molecule has 128 valence electrons. The molecule has 0 fully saturated rings. The highest BCUT2D eigenvalue weighted by molar-refractivity contribution is 6.05. The van der Waals surface area contributed by atoms with Crippen molar-refractivity contribution in [3.05, 3.63) is 0 Å². The molecule has 7 heteroatoms. The maximum Gasteiger partial charge on any atom is 0.345 e. The molecule has 22 heavy (non-hydrogen) atoms. The van der Waals surface area contributed by atoms with Crippen LogP contribution in [0.4, 0.5) is 0 Å². The zero-order valence-corrected chi connectivity index (χ0v) is 14.0. The average molecular weight is 316 g/mol. The highest BCUT2D eigenvalue weighted by Crippen LogP contribution is 2.09. The minimum atomic E-state index is -2.56. The number of carboxylic acids is 1. The fourth-order valence-electron chi connectivity index (χ4n) is 1.64. The van der Waals surface area contributed by atoms with Crippen molar-refractivity contribution in [2.75, 3.05) is 6.54 Å². The van der Waals surface area contributed by atoms with E-state index in [1.165, 1.54) is 0 Å². The molecule has 0 aromatic carbocycles. The van der Waals surface area contributed by atoms with Gasteiger partial charge in [0, 0.05) is 6.54 Å². The van der Waals surface area contributed by atoms with Gasteiger partial charge in [-0.15, -0.1) is 0 Å². The summed E-state index contributed by atoms with van der Waals surface area (Å²) >= 11 is 0. The van der Waals surface area contributed by atoms with E-state index in [0.29, 0.717) is 18.9 Å². The number of aliphatic carboxylic acids is 1. The fraction of sp³-hybridized carbons (Fsp3) is 0.800. The second-order valence-electron chi connectivity index (χ2n) is 6.29. The van der Waals surface area contributed by atoms with Gasteiger partial charge >= 0.3 is 5.97 Å². The summed E-state index contributed by atoms with van der Waals surface area (Å²) in [5, 5.41) is 23.6. The van der Waals surface area contributed by atoms with Gasteiger partial charge in [0.2, 0.25) is 11.5 Å². The van der Waals surface area contributed by atoms with Crippen LogP contribution in [0.5, 0.6) is 0 Å². The van der Waals surface area contributed by atoms with Gasteiger partial charge in [0.1, 0.15) is 6.04 Å². The summed E-state index contributed by atoms with van der Waals surface area (Å²) < 4.78 is 0. The van der Waals surface area contributed by atoms with Gasteiger partial charge in [-0.3, -0.25) is 9.59 Å². The van der Waals surface area contributed by atoms with Crippen LogP contribution in [-0.4, -0.2) is 46.2 Å². The molecular weight excluding hydrogens is 288 g/mol. The summed E-state index contributed by atoms with van der Waals surface area (Å²) in [4.78, 5) is 34.9. The van der Waals surface area contributed by atoms with Crippen molar-refractivity contribution in [3.8, 4) is 0 Å². The third kappa shape index (κ3) is 6.43. The Morgan fingerprint density at radius 3 is 2.14 bits per heavy atom. The van der Waals surface area contributed by atoms with Gasteiger partial charge in [-0.2, -0.15) is 0 Å².